The van der Waals surface area contributed by atoms with Gasteiger partial charge in [-0.25, -0.2) is 4.90 Å². The van der Waals surface area contributed by atoms with Crippen molar-refractivity contribution in [2.75, 3.05) is 22.1 Å². The maximum atomic E-state index is 13.0. The first-order chi connectivity index (χ1) is 17.3. The lowest BCUT2D eigenvalue weighted by Crippen LogP contribution is -2.32. The Morgan fingerprint density at radius 2 is 1.64 bits per heavy atom. The van der Waals surface area contributed by atoms with E-state index in [0.717, 1.165) is 27.3 Å². The third-order valence-electron chi connectivity index (χ3n) is 5.68. The van der Waals surface area contributed by atoms with Crippen molar-refractivity contribution in [2.24, 2.45) is 0 Å². The van der Waals surface area contributed by atoms with Crippen LogP contribution in [0.15, 0.2) is 77.5 Å². The fraction of sp³-hybridized carbons (Fsp3) is 0.179. The summed E-state index contributed by atoms with van der Waals surface area (Å²) in [6.07, 6.45) is 0.194. The molecule has 0 aromatic heterocycles. The smallest absolute Gasteiger partial charge is 0.283 e. The van der Waals surface area contributed by atoms with Gasteiger partial charge in [-0.1, -0.05) is 41.4 Å². The zero-order valence-corrected chi connectivity index (χ0v) is 21.0. The Hall–Kier alpha value is -4.10. The maximum absolute atomic E-state index is 13.0. The van der Waals surface area contributed by atoms with E-state index in [1.165, 1.54) is 0 Å². The molecule has 2 N–H and O–H groups in total. The standard InChI is InChI=1S/C28H26ClN3O4/c1-4-36-22-12-10-21(11-13-22)32-27(34)25(29)26(28(32)35)30-20-8-6-19(7-9-20)16-24(33)31-23-14-5-17(2)15-18(23)3/h5-15,30H,4,16H2,1-3H3,(H,31,33). The molecule has 0 saturated carbocycles. The first kappa shape index (κ1) is 25.0. The molecule has 3 amide bonds. The molecule has 3 aromatic rings. The molecule has 1 heterocycles. The number of hydrogen-bond donors (Lipinski definition) is 2. The van der Waals surface area contributed by atoms with Crippen molar-refractivity contribution in [1.82, 2.24) is 0 Å². The van der Waals surface area contributed by atoms with Crippen LogP contribution in [0.2, 0.25) is 0 Å². The van der Waals surface area contributed by atoms with E-state index in [-0.39, 0.29) is 23.1 Å². The van der Waals surface area contributed by atoms with E-state index in [1.807, 2.05) is 39.0 Å². The molecule has 184 valence electrons. The van der Waals surface area contributed by atoms with Crippen molar-refractivity contribution in [2.45, 2.75) is 27.2 Å². The number of nitrogens with zero attached hydrogens (tertiary/aromatic N) is 1. The third kappa shape index (κ3) is 5.42. The summed E-state index contributed by atoms with van der Waals surface area (Å²) in [5.41, 5.74) is 4.68. The van der Waals surface area contributed by atoms with Crippen LogP contribution in [-0.2, 0) is 20.8 Å². The van der Waals surface area contributed by atoms with Gasteiger partial charge >= 0.3 is 0 Å². The molecular formula is C28H26ClN3O4. The molecule has 36 heavy (non-hydrogen) atoms. The Morgan fingerprint density at radius 3 is 2.28 bits per heavy atom. The van der Waals surface area contributed by atoms with Crippen molar-refractivity contribution in [1.29, 1.82) is 0 Å². The molecule has 0 fully saturated rings. The molecule has 8 heteroatoms. The quantitative estimate of drug-likeness (QED) is 0.406. The van der Waals surface area contributed by atoms with E-state index in [9.17, 15) is 14.4 Å². The number of aryl methyl sites for hydroxylation is 2. The van der Waals surface area contributed by atoms with Gasteiger partial charge in [0.05, 0.1) is 18.7 Å². The number of carbonyl (C=O) groups excluding carboxylic acids is 3. The highest BCUT2D eigenvalue weighted by molar-refractivity contribution is 6.53. The lowest BCUT2D eigenvalue weighted by molar-refractivity contribution is -0.120. The van der Waals surface area contributed by atoms with Crippen molar-refractivity contribution < 1.29 is 19.1 Å². The van der Waals surface area contributed by atoms with Crippen LogP contribution in [0.1, 0.15) is 23.6 Å². The van der Waals surface area contributed by atoms with Crippen LogP contribution in [0.4, 0.5) is 17.1 Å². The van der Waals surface area contributed by atoms with Crippen molar-refractivity contribution in [3.63, 3.8) is 0 Å². The predicted molar refractivity (Wildman–Crippen MR) is 141 cm³/mol. The van der Waals surface area contributed by atoms with Crippen LogP contribution in [0.5, 0.6) is 5.75 Å². The zero-order valence-electron chi connectivity index (χ0n) is 20.2. The summed E-state index contributed by atoms with van der Waals surface area (Å²) in [6.45, 7) is 6.34. The number of anilines is 3. The fourth-order valence-electron chi connectivity index (χ4n) is 3.89. The Bertz CT molecular complexity index is 1350. The second-order valence-electron chi connectivity index (χ2n) is 8.43. The van der Waals surface area contributed by atoms with Gasteiger partial charge in [-0.3, -0.25) is 14.4 Å². The monoisotopic (exact) mass is 503 g/mol. The van der Waals surface area contributed by atoms with E-state index in [4.69, 9.17) is 16.3 Å². The minimum atomic E-state index is -0.604. The summed E-state index contributed by atoms with van der Waals surface area (Å²) in [4.78, 5) is 39.2. The number of halogens is 1. The lowest BCUT2D eigenvalue weighted by Gasteiger charge is -2.15. The number of amides is 3. The Morgan fingerprint density at radius 1 is 0.944 bits per heavy atom. The van der Waals surface area contributed by atoms with Gasteiger partial charge in [0.15, 0.2) is 0 Å². The topological polar surface area (TPSA) is 87.7 Å². The summed E-state index contributed by atoms with van der Waals surface area (Å²) in [5, 5.41) is 5.69. The number of ether oxygens (including phenoxy) is 1. The lowest BCUT2D eigenvalue weighted by atomic mass is 10.1. The van der Waals surface area contributed by atoms with Gasteiger partial charge in [0, 0.05) is 11.4 Å². The van der Waals surface area contributed by atoms with Gasteiger partial charge in [-0.05, 0) is 74.4 Å². The van der Waals surface area contributed by atoms with Gasteiger partial charge in [0.25, 0.3) is 11.8 Å². The van der Waals surface area contributed by atoms with Crippen LogP contribution in [0.3, 0.4) is 0 Å². The second-order valence-corrected chi connectivity index (χ2v) is 8.80. The normalized spacial score (nSPS) is 13.3. The molecule has 1 aliphatic rings. The molecular weight excluding hydrogens is 478 g/mol. The largest absolute Gasteiger partial charge is 0.494 e. The van der Waals surface area contributed by atoms with Crippen LogP contribution in [-0.4, -0.2) is 24.3 Å². The molecule has 4 rings (SSSR count). The summed E-state index contributed by atoms with van der Waals surface area (Å²) in [5.74, 6) is -0.643. The summed E-state index contributed by atoms with van der Waals surface area (Å²) < 4.78 is 5.41. The van der Waals surface area contributed by atoms with Gasteiger partial charge in [-0.15, -0.1) is 0 Å². The van der Waals surface area contributed by atoms with Crippen LogP contribution >= 0.6 is 11.6 Å². The summed E-state index contributed by atoms with van der Waals surface area (Å²) in [7, 11) is 0. The van der Waals surface area contributed by atoms with Gasteiger partial charge in [0.1, 0.15) is 16.5 Å². The minimum absolute atomic E-state index is 0.00380. The predicted octanol–water partition coefficient (Wildman–Crippen LogP) is 5.32. The van der Waals surface area contributed by atoms with Crippen molar-refractivity contribution in [3.8, 4) is 5.75 Å². The summed E-state index contributed by atoms with van der Waals surface area (Å²) >= 11 is 6.23. The highest BCUT2D eigenvalue weighted by Gasteiger charge is 2.38. The molecule has 0 unspecified atom stereocenters. The number of benzene rings is 3. The minimum Gasteiger partial charge on any atom is -0.494 e. The highest BCUT2D eigenvalue weighted by atomic mass is 35.5. The van der Waals surface area contributed by atoms with E-state index in [0.29, 0.717) is 23.7 Å². The zero-order chi connectivity index (χ0) is 25.8. The van der Waals surface area contributed by atoms with Crippen LogP contribution in [0.25, 0.3) is 0 Å². The number of nitrogens with one attached hydrogen (secondary N) is 2. The maximum Gasteiger partial charge on any atom is 0.283 e. The summed E-state index contributed by atoms with van der Waals surface area (Å²) in [6, 6.07) is 19.5. The number of rotatable bonds is 8. The molecule has 7 nitrogen and oxygen atoms in total. The van der Waals surface area contributed by atoms with Crippen LogP contribution < -0.4 is 20.3 Å². The van der Waals surface area contributed by atoms with Crippen molar-refractivity contribution >= 4 is 46.4 Å². The van der Waals surface area contributed by atoms with E-state index in [2.05, 4.69) is 10.6 Å². The average Bonchev–Trinajstić information content (AvgIpc) is 3.06. The number of imide groups is 1. The number of carbonyl (C=O) groups is 3. The molecule has 0 saturated heterocycles. The molecule has 0 atom stereocenters. The molecule has 0 bridgehead atoms. The Balaban J connectivity index is 1.40. The SMILES string of the molecule is CCOc1ccc(N2C(=O)C(Cl)=C(Nc3ccc(CC(=O)Nc4ccc(C)cc4C)cc3)C2=O)cc1. The molecule has 3 aromatic carbocycles. The number of hydrogen-bond acceptors (Lipinski definition) is 5. The van der Waals surface area contributed by atoms with E-state index >= 15 is 0 Å². The van der Waals surface area contributed by atoms with E-state index < -0.39 is 11.8 Å². The first-order valence-corrected chi connectivity index (χ1v) is 11.9. The molecule has 0 spiro atoms. The first-order valence-electron chi connectivity index (χ1n) is 11.5. The third-order valence-corrected chi connectivity index (χ3v) is 6.03. The van der Waals surface area contributed by atoms with Crippen molar-refractivity contribution in [3.05, 3.63) is 94.1 Å². The van der Waals surface area contributed by atoms with Gasteiger partial charge in [0.2, 0.25) is 5.91 Å². The second kappa shape index (κ2) is 10.7. The highest BCUT2D eigenvalue weighted by Crippen LogP contribution is 2.31. The van der Waals surface area contributed by atoms with Crippen LogP contribution in [0, 0.1) is 13.8 Å². The molecule has 0 radical (unpaired) electrons. The Kier molecular flexibility index (Phi) is 7.41. The molecule has 1 aliphatic heterocycles. The van der Waals surface area contributed by atoms with E-state index in [1.54, 1.807) is 48.5 Å². The fourth-order valence-corrected chi connectivity index (χ4v) is 4.10. The van der Waals surface area contributed by atoms with Gasteiger partial charge < -0.3 is 15.4 Å². The van der Waals surface area contributed by atoms with Gasteiger partial charge in [-0.2, -0.15) is 0 Å². The Labute approximate surface area is 214 Å². The average molecular weight is 504 g/mol. The molecule has 0 aliphatic carbocycles.